The molecule has 0 N–H and O–H groups in total. The van der Waals surface area contributed by atoms with Crippen molar-refractivity contribution in [1.82, 2.24) is 9.97 Å². The van der Waals surface area contributed by atoms with Gasteiger partial charge in [0.25, 0.3) is 0 Å². The minimum atomic E-state index is 0.0980. The maximum Gasteiger partial charge on any atom is 0.116 e. The standard InChI is InChI=1S/C27H30N2/c1-17(2)12-20-9-7-8-19-10-11-23-25(28-16-29-26(23)24(19)20)21-13-18(3)14-22(15-21)27(4,5)6/h7-11,13-17H,12H2,1-6H3. The number of aryl methyl sites for hydroxylation is 1. The van der Waals surface area contributed by atoms with Crippen LogP contribution in [-0.4, -0.2) is 9.97 Å². The Morgan fingerprint density at radius 2 is 1.72 bits per heavy atom. The van der Waals surface area contributed by atoms with E-state index in [1.165, 1.54) is 33.0 Å². The van der Waals surface area contributed by atoms with Gasteiger partial charge in [0.15, 0.2) is 0 Å². The molecule has 0 aliphatic heterocycles. The molecule has 2 nitrogen and oxygen atoms in total. The van der Waals surface area contributed by atoms with Gasteiger partial charge in [-0.05, 0) is 59.4 Å². The molecule has 0 bridgehead atoms. The van der Waals surface area contributed by atoms with Crippen LogP contribution in [0.15, 0.2) is 54.9 Å². The Morgan fingerprint density at radius 1 is 0.931 bits per heavy atom. The van der Waals surface area contributed by atoms with Gasteiger partial charge in [0.1, 0.15) is 6.33 Å². The van der Waals surface area contributed by atoms with Crippen molar-refractivity contribution in [3.8, 4) is 11.3 Å². The summed E-state index contributed by atoms with van der Waals surface area (Å²) in [6, 6.07) is 17.8. The topological polar surface area (TPSA) is 25.8 Å². The highest BCUT2D eigenvalue weighted by atomic mass is 14.8. The number of hydrogen-bond donors (Lipinski definition) is 0. The summed E-state index contributed by atoms with van der Waals surface area (Å²) in [6.45, 7) is 13.5. The third kappa shape index (κ3) is 3.76. The molecule has 0 aliphatic rings. The zero-order valence-electron chi connectivity index (χ0n) is 18.4. The van der Waals surface area contributed by atoms with Gasteiger partial charge in [-0.2, -0.15) is 0 Å². The largest absolute Gasteiger partial charge is 0.236 e. The van der Waals surface area contributed by atoms with E-state index in [2.05, 4.69) is 90.1 Å². The van der Waals surface area contributed by atoms with Crippen molar-refractivity contribution in [3.63, 3.8) is 0 Å². The third-order valence-corrected chi connectivity index (χ3v) is 5.58. The molecule has 0 atom stereocenters. The fraction of sp³-hybridized carbons (Fsp3) is 0.333. The molecule has 3 aromatic carbocycles. The summed E-state index contributed by atoms with van der Waals surface area (Å²) < 4.78 is 0. The highest BCUT2D eigenvalue weighted by molar-refractivity contribution is 6.10. The van der Waals surface area contributed by atoms with Gasteiger partial charge >= 0.3 is 0 Å². The number of hydrogen-bond acceptors (Lipinski definition) is 2. The zero-order chi connectivity index (χ0) is 20.8. The fourth-order valence-corrected chi connectivity index (χ4v) is 4.17. The van der Waals surface area contributed by atoms with Crippen LogP contribution in [0.1, 0.15) is 51.3 Å². The van der Waals surface area contributed by atoms with E-state index in [1.807, 2.05) is 0 Å². The molecule has 2 heteroatoms. The van der Waals surface area contributed by atoms with Crippen LogP contribution < -0.4 is 0 Å². The van der Waals surface area contributed by atoms with Gasteiger partial charge in [-0.25, -0.2) is 9.97 Å². The van der Waals surface area contributed by atoms with Crippen molar-refractivity contribution in [1.29, 1.82) is 0 Å². The first-order chi connectivity index (χ1) is 13.7. The van der Waals surface area contributed by atoms with Gasteiger partial charge in [0, 0.05) is 16.3 Å². The van der Waals surface area contributed by atoms with Gasteiger partial charge in [-0.15, -0.1) is 0 Å². The lowest BCUT2D eigenvalue weighted by Gasteiger charge is -2.21. The van der Waals surface area contributed by atoms with Crippen LogP contribution in [0, 0.1) is 12.8 Å². The molecule has 0 aliphatic carbocycles. The Kier molecular flexibility index (Phi) is 4.90. The molecule has 0 saturated heterocycles. The summed E-state index contributed by atoms with van der Waals surface area (Å²) in [5, 5.41) is 3.65. The second-order valence-corrected chi connectivity index (χ2v) is 9.63. The van der Waals surface area contributed by atoms with Crippen molar-refractivity contribution in [2.75, 3.05) is 0 Å². The second-order valence-electron chi connectivity index (χ2n) is 9.63. The van der Waals surface area contributed by atoms with E-state index < -0.39 is 0 Å². The lowest BCUT2D eigenvalue weighted by molar-refractivity contribution is 0.590. The molecule has 148 valence electrons. The molecule has 4 aromatic rings. The minimum Gasteiger partial charge on any atom is -0.236 e. The van der Waals surface area contributed by atoms with Crippen LogP contribution in [-0.2, 0) is 11.8 Å². The molecular weight excluding hydrogens is 352 g/mol. The quantitative estimate of drug-likeness (QED) is 0.349. The lowest BCUT2D eigenvalue weighted by atomic mass is 9.84. The summed E-state index contributed by atoms with van der Waals surface area (Å²) in [6.07, 6.45) is 2.77. The number of fused-ring (bicyclic) bond motifs is 3. The van der Waals surface area contributed by atoms with Gasteiger partial charge in [0.05, 0.1) is 11.2 Å². The minimum absolute atomic E-state index is 0.0980. The van der Waals surface area contributed by atoms with Crippen molar-refractivity contribution in [2.24, 2.45) is 5.92 Å². The summed E-state index contributed by atoms with van der Waals surface area (Å²) in [7, 11) is 0. The third-order valence-electron chi connectivity index (χ3n) is 5.58. The number of aromatic nitrogens is 2. The van der Waals surface area contributed by atoms with Crippen LogP contribution in [0.4, 0.5) is 0 Å². The average molecular weight is 383 g/mol. The monoisotopic (exact) mass is 382 g/mol. The fourth-order valence-electron chi connectivity index (χ4n) is 4.17. The molecule has 0 spiro atoms. The van der Waals surface area contributed by atoms with E-state index in [1.54, 1.807) is 6.33 Å². The Balaban J connectivity index is 2.01. The molecule has 1 aromatic heterocycles. The van der Waals surface area contributed by atoms with Crippen molar-refractivity contribution in [2.45, 2.75) is 53.4 Å². The molecule has 0 amide bonds. The van der Waals surface area contributed by atoms with E-state index in [4.69, 9.17) is 9.97 Å². The Bertz CT molecular complexity index is 1200. The SMILES string of the molecule is Cc1cc(-c2ncnc3c2ccc2cccc(CC(C)C)c23)cc(C(C)(C)C)c1. The van der Waals surface area contributed by atoms with E-state index in [0.29, 0.717) is 5.92 Å². The van der Waals surface area contributed by atoms with Crippen molar-refractivity contribution < 1.29 is 0 Å². The predicted octanol–water partition coefficient (Wildman–Crippen LogP) is 7.25. The first kappa shape index (κ1) is 19.6. The van der Waals surface area contributed by atoms with E-state index in [-0.39, 0.29) is 5.41 Å². The summed E-state index contributed by atoms with van der Waals surface area (Å²) in [5.74, 6) is 0.600. The van der Waals surface area contributed by atoms with Gasteiger partial charge < -0.3 is 0 Å². The molecule has 29 heavy (non-hydrogen) atoms. The first-order valence-electron chi connectivity index (χ1n) is 10.5. The predicted molar refractivity (Wildman–Crippen MR) is 124 cm³/mol. The van der Waals surface area contributed by atoms with Crippen LogP contribution in [0.25, 0.3) is 32.9 Å². The maximum absolute atomic E-state index is 4.75. The van der Waals surface area contributed by atoms with Crippen LogP contribution in [0.3, 0.4) is 0 Å². The molecular formula is C27H30N2. The summed E-state index contributed by atoms with van der Waals surface area (Å²) in [4.78, 5) is 9.47. The van der Waals surface area contributed by atoms with E-state index in [9.17, 15) is 0 Å². The maximum atomic E-state index is 4.75. The summed E-state index contributed by atoms with van der Waals surface area (Å²) >= 11 is 0. The molecule has 0 fully saturated rings. The number of benzene rings is 3. The molecule has 0 unspecified atom stereocenters. The van der Waals surface area contributed by atoms with Crippen LogP contribution in [0.5, 0.6) is 0 Å². The van der Waals surface area contributed by atoms with E-state index >= 15 is 0 Å². The molecule has 4 rings (SSSR count). The Labute approximate surface area is 174 Å². The molecule has 0 radical (unpaired) electrons. The number of rotatable bonds is 3. The first-order valence-corrected chi connectivity index (χ1v) is 10.5. The Hall–Kier alpha value is -2.74. The van der Waals surface area contributed by atoms with Crippen molar-refractivity contribution >= 4 is 21.7 Å². The van der Waals surface area contributed by atoms with Gasteiger partial charge in [-0.3, -0.25) is 0 Å². The molecule has 0 saturated carbocycles. The van der Waals surface area contributed by atoms with Crippen molar-refractivity contribution in [3.05, 3.63) is 71.5 Å². The zero-order valence-corrected chi connectivity index (χ0v) is 18.4. The highest BCUT2D eigenvalue weighted by Crippen LogP contribution is 2.35. The highest BCUT2D eigenvalue weighted by Gasteiger charge is 2.17. The average Bonchev–Trinajstić information content (AvgIpc) is 2.65. The smallest absolute Gasteiger partial charge is 0.116 e. The normalized spacial score (nSPS) is 12.2. The molecule has 1 heterocycles. The van der Waals surface area contributed by atoms with Crippen LogP contribution >= 0.6 is 0 Å². The lowest BCUT2D eigenvalue weighted by Crippen LogP contribution is -2.11. The van der Waals surface area contributed by atoms with Gasteiger partial charge in [0.2, 0.25) is 0 Å². The second kappa shape index (κ2) is 7.26. The number of nitrogens with zero attached hydrogens (tertiary/aromatic N) is 2. The summed E-state index contributed by atoms with van der Waals surface area (Å²) in [5.41, 5.74) is 7.31. The van der Waals surface area contributed by atoms with Gasteiger partial charge in [-0.1, -0.05) is 70.5 Å². The van der Waals surface area contributed by atoms with Crippen LogP contribution in [0.2, 0.25) is 0 Å². The van der Waals surface area contributed by atoms with E-state index in [0.717, 1.165) is 23.0 Å². The Morgan fingerprint density at radius 3 is 2.45 bits per heavy atom.